The number of hydrogen-bond acceptors (Lipinski definition) is 4. The van der Waals surface area contributed by atoms with Gasteiger partial charge < -0.3 is 14.6 Å². The molecule has 5 nitrogen and oxygen atoms in total. The summed E-state index contributed by atoms with van der Waals surface area (Å²) in [6.07, 6.45) is 1.54. The first-order valence-electron chi connectivity index (χ1n) is 7.75. The van der Waals surface area contributed by atoms with Crippen molar-refractivity contribution in [2.24, 2.45) is 0 Å². The van der Waals surface area contributed by atoms with E-state index in [1.165, 1.54) is 0 Å². The fourth-order valence-electron chi connectivity index (χ4n) is 3.03. The molecule has 3 rings (SSSR count). The van der Waals surface area contributed by atoms with Gasteiger partial charge in [0, 0.05) is 41.3 Å². The van der Waals surface area contributed by atoms with E-state index in [4.69, 9.17) is 32.5 Å². The Bertz CT molecular complexity index is 739. The number of carbonyl (C=O) groups is 1. The number of nitrogens with zero attached hydrogens (tertiary/aromatic N) is 1. The first-order chi connectivity index (χ1) is 11.5. The van der Waals surface area contributed by atoms with E-state index in [0.29, 0.717) is 35.5 Å². The van der Waals surface area contributed by atoms with Gasteiger partial charge in [-0.15, -0.1) is 0 Å². The van der Waals surface area contributed by atoms with Gasteiger partial charge in [-0.1, -0.05) is 34.4 Å². The Labute approximate surface area is 150 Å². The Kier molecular flexibility index (Phi) is 5.13. The molecular formula is C17H18Cl2N2O3. The van der Waals surface area contributed by atoms with Gasteiger partial charge in [-0.2, -0.15) is 0 Å². The van der Waals surface area contributed by atoms with Crippen molar-refractivity contribution < 1.29 is 14.1 Å². The van der Waals surface area contributed by atoms with Gasteiger partial charge in [0.1, 0.15) is 0 Å². The fraction of sp³-hybridized carbons (Fsp3) is 0.412. The number of rotatable bonds is 4. The van der Waals surface area contributed by atoms with Crippen molar-refractivity contribution in [2.75, 3.05) is 19.8 Å². The van der Waals surface area contributed by atoms with E-state index >= 15 is 0 Å². The summed E-state index contributed by atoms with van der Waals surface area (Å²) in [5.41, 5.74) is 1.36. The van der Waals surface area contributed by atoms with Crippen LogP contribution in [0, 0.1) is 6.92 Å². The number of nitrogens with one attached hydrogen (secondary N) is 1. The van der Waals surface area contributed by atoms with Crippen LogP contribution in [-0.4, -0.2) is 30.8 Å². The molecule has 7 heteroatoms. The number of amides is 1. The van der Waals surface area contributed by atoms with Gasteiger partial charge in [0.2, 0.25) is 5.76 Å². The van der Waals surface area contributed by atoms with Gasteiger partial charge in [0.15, 0.2) is 0 Å². The SMILES string of the molecule is Cc1cc(C(=O)NCC2(c3ccc(Cl)cc3Cl)CCOCC2)on1. The van der Waals surface area contributed by atoms with Gasteiger partial charge in [-0.3, -0.25) is 4.79 Å². The van der Waals surface area contributed by atoms with E-state index in [2.05, 4.69) is 10.5 Å². The Hall–Kier alpha value is -1.56. The molecule has 1 aliphatic rings. The molecule has 1 saturated heterocycles. The first kappa shape index (κ1) is 17.3. The minimum Gasteiger partial charge on any atom is -0.381 e. The summed E-state index contributed by atoms with van der Waals surface area (Å²) < 4.78 is 10.5. The topological polar surface area (TPSA) is 64.4 Å². The Morgan fingerprint density at radius 1 is 1.29 bits per heavy atom. The van der Waals surface area contributed by atoms with Crippen LogP contribution in [0.2, 0.25) is 10.0 Å². The summed E-state index contributed by atoms with van der Waals surface area (Å²) in [5.74, 6) is -0.0801. The fourth-order valence-corrected chi connectivity index (χ4v) is 3.64. The number of ether oxygens (including phenoxy) is 1. The lowest BCUT2D eigenvalue weighted by molar-refractivity contribution is 0.0484. The van der Waals surface area contributed by atoms with Crippen LogP contribution in [0.4, 0.5) is 0 Å². The number of aryl methyl sites for hydroxylation is 1. The van der Waals surface area contributed by atoms with Crippen molar-refractivity contribution in [3.63, 3.8) is 0 Å². The summed E-state index contributed by atoms with van der Waals surface area (Å²) in [6, 6.07) is 7.10. The zero-order valence-electron chi connectivity index (χ0n) is 13.3. The Morgan fingerprint density at radius 3 is 2.67 bits per heavy atom. The molecule has 1 amide bonds. The van der Waals surface area contributed by atoms with Crippen molar-refractivity contribution in [3.8, 4) is 0 Å². The van der Waals surface area contributed by atoms with Gasteiger partial charge >= 0.3 is 0 Å². The molecule has 1 N–H and O–H groups in total. The normalized spacial score (nSPS) is 16.8. The molecule has 2 aromatic rings. The van der Waals surface area contributed by atoms with Crippen LogP contribution in [0.5, 0.6) is 0 Å². The quantitative estimate of drug-likeness (QED) is 0.891. The van der Waals surface area contributed by atoms with Crippen LogP contribution in [0.3, 0.4) is 0 Å². The largest absolute Gasteiger partial charge is 0.381 e. The summed E-state index contributed by atoms with van der Waals surface area (Å²) in [4.78, 5) is 12.3. The molecule has 0 atom stereocenters. The minimum atomic E-state index is -0.287. The van der Waals surface area contributed by atoms with Crippen molar-refractivity contribution in [1.82, 2.24) is 10.5 Å². The molecule has 128 valence electrons. The molecule has 1 aromatic heterocycles. The molecule has 1 fully saturated rings. The second-order valence-electron chi connectivity index (χ2n) is 6.03. The van der Waals surface area contributed by atoms with E-state index in [9.17, 15) is 4.79 Å². The second kappa shape index (κ2) is 7.13. The van der Waals surface area contributed by atoms with Crippen LogP contribution in [0.15, 0.2) is 28.8 Å². The maximum atomic E-state index is 12.3. The van der Waals surface area contributed by atoms with E-state index in [1.807, 2.05) is 12.1 Å². The average molecular weight is 369 g/mol. The Balaban J connectivity index is 1.82. The van der Waals surface area contributed by atoms with E-state index in [-0.39, 0.29) is 17.1 Å². The molecule has 24 heavy (non-hydrogen) atoms. The highest BCUT2D eigenvalue weighted by Crippen LogP contribution is 2.39. The van der Waals surface area contributed by atoms with E-state index < -0.39 is 0 Å². The molecule has 0 spiro atoms. The third-order valence-corrected chi connectivity index (χ3v) is 4.94. The summed E-state index contributed by atoms with van der Waals surface area (Å²) in [6.45, 7) is 3.45. The zero-order chi connectivity index (χ0) is 17.2. The van der Waals surface area contributed by atoms with Crippen LogP contribution in [-0.2, 0) is 10.2 Å². The van der Waals surface area contributed by atoms with Crippen LogP contribution in [0.1, 0.15) is 34.7 Å². The van der Waals surface area contributed by atoms with Gasteiger partial charge in [-0.25, -0.2) is 0 Å². The number of benzene rings is 1. The summed E-state index contributed by atoms with van der Waals surface area (Å²) in [7, 11) is 0. The van der Waals surface area contributed by atoms with Crippen LogP contribution >= 0.6 is 23.2 Å². The summed E-state index contributed by atoms with van der Waals surface area (Å²) in [5, 5.41) is 7.88. The van der Waals surface area contributed by atoms with Crippen LogP contribution in [0.25, 0.3) is 0 Å². The predicted octanol–water partition coefficient (Wildman–Crippen LogP) is 3.77. The number of halogens is 2. The van der Waals surface area contributed by atoms with Gasteiger partial charge in [0.05, 0.1) is 5.69 Å². The molecule has 1 aromatic carbocycles. The highest BCUT2D eigenvalue weighted by molar-refractivity contribution is 6.35. The Morgan fingerprint density at radius 2 is 2.04 bits per heavy atom. The minimum absolute atomic E-state index is 0.205. The molecular weight excluding hydrogens is 351 g/mol. The highest BCUT2D eigenvalue weighted by atomic mass is 35.5. The molecule has 0 bridgehead atoms. The second-order valence-corrected chi connectivity index (χ2v) is 6.88. The molecule has 0 unspecified atom stereocenters. The van der Waals surface area contributed by atoms with Crippen molar-refractivity contribution in [1.29, 1.82) is 0 Å². The number of hydrogen-bond donors (Lipinski definition) is 1. The third kappa shape index (κ3) is 3.58. The number of carbonyl (C=O) groups excluding carboxylic acids is 1. The predicted molar refractivity (Wildman–Crippen MR) is 91.8 cm³/mol. The summed E-state index contributed by atoms with van der Waals surface area (Å²) >= 11 is 12.4. The monoisotopic (exact) mass is 368 g/mol. The third-order valence-electron chi connectivity index (χ3n) is 4.39. The number of aromatic nitrogens is 1. The van der Waals surface area contributed by atoms with Crippen molar-refractivity contribution in [3.05, 3.63) is 51.3 Å². The maximum absolute atomic E-state index is 12.3. The molecule has 0 radical (unpaired) electrons. The average Bonchev–Trinajstić information content (AvgIpc) is 3.00. The lowest BCUT2D eigenvalue weighted by Crippen LogP contribution is -2.44. The van der Waals surface area contributed by atoms with Gasteiger partial charge in [-0.05, 0) is 37.5 Å². The molecule has 0 saturated carbocycles. The lowest BCUT2D eigenvalue weighted by Gasteiger charge is -2.38. The molecule has 0 aliphatic carbocycles. The first-order valence-corrected chi connectivity index (χ1v) is 8.51. The lowest BCUT2D eigenvalue weighted by atomic mass is 9.74. The smallest absolute Gasteiger partial charge is 0.289 e. The van der Waals surface area contributed by atoms with Crippen molar-refractivity contribution in [2.45, 2.75) is 25.2 Å². The zero-order valence-corrected chi connectivity index (χ0v) is 14.8. The molecule has 2 heterocycles. The van der Waals surface area contributed by atoms with E-state index in [0.717, 1.165) is 18.4 Å². The van der Waals surface area contributed by atoms with Crippen LogP contribution < -0.4 is 5.32 Å². The van der Waals surface area contributed by atoms with Crippen molar-refractivity contribution >= 4 is 29.1 Å². The molecule has 1 aliphatic heterocycles. The van der Waals surface area contributed by atoms with Gasteiger partial charge in [0.25, 0.3) is 5.91 Å². The maximum Gasteiger partial charge on any atom is 0.289 e. The standard InChI is InChI=1S/C17H18Cl2N2O3/c1-11-8-15(24-21-11)16(22)20-10-17(4-6-23-7-5-17)13-3-2-12(18)9-14(13)19/h2-3,8-9H,4-7,10H2,1H3,(H,20,22). The van der Waals surface area contributed by atoms with E-state index in [1.54, 1.807) is 19.1 Å². The highest BCUT2D eigenvalue weighted by Gasteiger charge is 2.36.